The molecule has 2 nitrogen and oxygen atoms in total. The minimum atomic E-state index is -0.418. The molecule has 0 aliphatic heterocycles. The molecule has 12 aromatic rings. The quantitative estimate of drug-likeness (QED) is 0.166. The molecule has 9 aromatic carbocycles. The van der Waals surface area contributed by atoms with Crippen LogP contribution in [0, 0.1) is 0 Å². The van der Waals surface area contributed by atoms with Gasteiger partial charge in [0.15, 0.2) is 0 Å². The molecule has 57 heavy (non-hydrogen) atoms. The Hall–Kier alpha value is -7.20. The number of hydrogen-bond donors (Lipinski definition) is 0. The number of thiophene rings is 1. The van der Waals surface area contributed by atoms with Crippen molar-refractivity contribution in [3.63, 3.8) is 0 Å². The summed E-state index contributed by atoms with van der Waals surface area (Å²) in [5, 5.41) is 4.44. The molecule has 0 N–H and O–H groups in total. The third kappa shape index (κ3) is 5.03. The standard InChI is InChI=1S/C54H34N2S/c1-3-12-35(13-4-1)36-22-26-40(27-23-36)55-50-31-25-39(33-47(50)54-42(18-11-20-51(54)55)37-14-5-2-6-15-37)38-24-30-49-46(32-38)43-16-7-9-19-48(43)56(49)41-28-29-45-44-17-8-10-21-52(44)57-53(45)34-41/h1-34H/i7D,9D,16D,19D,24D,30D,32D. The van der Waals surface area contributed by atoms with Gasteiger partial charge in [-0.15, -0.1) is 11.3 Å². The van der Waals surface area contributed by atoms with Crippen LogP contribution in [0.25, 0.3) is 109 Å². The highest BCUT2D eigenvalue weighted by Crippen LogP contribution is 2.42. The first-order valence-electron chi connectivity index (χ1n) is 22.4. The van der Waals surface area contributed by atoms with Gasteiger partial charge in [0.05, 0.1) is 31.7 Å². The van der Waals surface area contributed by atoms with Crippen molar-refractivity contribution in [1.82, 2.24) is 9.13 Å². The molecule has 3 aromatic heterocycles. The molecule has 0 radical (unpaired) electrons. The number of rotatable bonds is 5. The van der Waals surface area contributed by atoms with Crippen LogP contribution in [0.2, 0.25) is 0 Å². The van der Waals surface area contributed by atoms with Gasteiger partial charge in [-0.1, -0.05) is 139 Å². The van der Waals surface area contributed by atoms with Gasteiger partial charge in [0.25, 0.3) is 0 Å². The molecule has 0 fully saturated rings. The van der Waals surface area contributed by atoms with Crippen molar-refractivity contribution < 1.29 is 9.60 Å². The Balaban J connectivity index is 1.13. The van der Waals surface area contributed by atoms with E-state index >= 15 is 0 Å². The third-order valence-electron chi connectivity index (χ3n) is 11.2. The average Bonchev–Trinajstić information content (AvgIpc) is 4.01. The summed E-state index contributed by atoms with van der Waals surface area (Å²) in [5.74, 6) is 0. The maximum atomic E-state index is 9.97. The van der Waals surface area contributed by atoms with Crippen LogP contribution in [-0.4, -0.2) is 9.13 Å². The highest BCUT2D eigenvalue weighted by molar-refractivity contribution is 7.25. The molecular formula is C54H34N2S. The molecule has 0 aliphatic rings. The zero-order valence-electron chi connectivity index (χ0n) is 37.4. The fraction of sp³-hybridized carbons (Fsp3) is 0. The summed E-state index contributed by atoms with van der Waals surface area (Å²) in [7, 11) is 0. The molecule has 0 spiro atoms. The Labute approximate surface area is 343 Å². The maximum Gasteiger partial charge on any atom is 0.0645 e. The van der Waals surface area contributed by atoms with Gasteiger partial charge in [0.2, 0.25) is 0 Å². The first-order valence-corrected chi connectivity index (χ1v) is 19.8. The molecule has 0 bridgehead atoms. The van der Waals surface area contributed by atoms with E-state index in [-0.39, 0.29) is 57.6 Å². The van der Waals surface area contributed by atoms with E-state index < -0.39 is 12.1 Å². The van der Waals surface area contributed by atoms with E-state index in [2.05, 4.69) is 83.4 Å². The molecule has 3 heteroatoms. The van der Waals surface area contributed by atoms with Crippen LogP contribution in [0.15, 0.2) is 206 Å². The minimum absolute atomic E-state index is 0.0735. The largest absolute Gasteiger partial charge is 0.309 e. The van der Waals surface area contributed by atoms with Crippen LogP contribution in [0.4, 0.5) is 0 Å². The van der Waals surface area contributed by atoms with E-state index in [4.69, 9.17) is 2.74 Å². The third-order valence-corrected chi connectivity index (χ3v) is 12.3. The van der Waals surface area contributed by atoms with Gasteiger partial charge < -0.3 is 9.13 Å². The smallest absolute Gasteiger partial charge is 0.0645 e. The van der Waals surface area contributed by atoms with Crippen molar-refractivity contribution >= 4 is 75.1 Å². The second-order valence-corrected chi connectivity index (χ2v) is 15.4. The van der Waals surface area contributed by atoms with E-state index in [1.54, 1.807) is 15.9 Å². The summed E-state index contributed by atoms with van der Waals surface area (Å²) >= 11 is 1.62. The summed E-state index contributed by atoms with van der Waals surface area (Å²) < 4.78 is 71.3. The molecule has 0 unspecified atom stereocenters. The topological polar surface area (TPSA) is 9.86 Å². The molecule has 0 amide bonds. The number of para-hydroxylation sites is 1. The molecule has 12 rings (SSSR count). The second kappa shape index (κ2) is 12.7. The monoisotopic (exact) mass is 749 g/mol. The first-order chi connectivity index (χ1) is 31.2. The van der Waals surface area contributed by atoms with Gasteiger partial charge in [-0.25, -0.2) is 0 Å². The van der Waals surface area contributed by atoms with Crippen molar-refractivity contribution in [3.05, 3.63) is 206 Å². The summed E-state index contributed by atoms with van der Waals surface area (Å²) in [6.45, 7) is 0. The molecule has 0 aliphatic carbocycles. The van der Waals surface area contributed by atoms with Crippen LogP contribution in [0.5, 0.6) is 0 Å². The number of benzene rings is 9. The van der Waals surface area contributed by atoms with E-state index in [0.717, 1.165) is 69.9 Å². The lowest BCUT2D eigenvalue weighted by Gasteiger charge is -2.10. The van der Waals surface area contributed by atoms with Crippen LogP contribution >= 0.6 is 11.3 Å². The maximum absolute atomic E-state index is 9.97. The first kappa shape index (κ1) is 25.8. The van der Waals surface area contributed by atoms with Crippen molar-refractivity contribution in [2.24, 2.45) is 0 Å². The molecule has 266 valence electrons. The fourth-order valence-corrected chi connectivity index (χ4v) is 9.71. The van der Waals surface area contributed by atoms with Gasteiger partial charge in [0, 0.05) is 53.1 Å². The number of aromatic nitrogens is 2. The molecule has 3 heterocycles. The highest BCUT2D eigenvalue weighted by atomic mass is 32.1. The van der Waals surface area contributed by atoms with E-state index in [1.165, 1.54) is 0 Å². The molecule has 0 saturated heterocycles. The van der Waals surface area contributed by atoms with Crippen molar-refractivity contribution in [2.75, 3.05) is 0 Å². The van der Waals surface area contributed by atoms with Gasteiger partial charge in [-0.05, 0) is 100 Å². The van der Waals surface area contributed by atoms with Crippen LogP contribution < -0.4 is 0 Å². The normalized spacial score (nSPS) is 13.6. The summed E-state index contributed by atoms with van der Waals surface area (Å²) in [6.07, 6.45) is 0. The molecular weight excluding hydrogens is 709 g/mol. The van der Waals surface area contributed by atoms with Crippen molar-refractivity contribution in [3.8, 4) is 44.8 Å². The Morgan fingerprint density at radius 1 is 0.368 bits per heavy atom. The number of fused-ring (bicyclic) bond motifs is 9. The molecule has 0 atom stereocenters. The Morgan fingerprint density at radius 2 is 1.05 bits per heavy atom. The van der Waals surface area contributed by atoms with E-state index in [0.29, 0.717) is 11.3 Å². The predicted octanol–water partition coefficient (Wildman–Crippen LogP) is 15.2. The highest BCUT2D eigenvalue weighted by Gasteiger charge is 2.19. The zero-order chi connectivity index (χ0) is 43.5. The predicted molar refractivity (Wildman–Crippen MR) is 244 cm³/mol. The SMILES string of the molecule is [2H]c1c([2H])c([2H])c2c(c1[2H])c1c([2H])c(-c3ccc4c(c3)c3c(-c5ccccc5)cccc3n4-c3ccc(-c4ccccc4)cc3)c([2H])c([2H])c1n2-c1ccc2c(c1)sc1ccccc12. The van der Waals surface area contributed by atoms with Gasteiger partial charge >= 0.3 is 0 Å². The van der Waals surface area contributed by atoms with Crippen LogP contribution in [0.1, 0.15) is 9.60 Å². The summed E-state index contributed by atoms with van der Waals surface area (Å²) in [6, 6.07) is 53.5. The average molecular weight is 750 g/mol. The van der Waals surface area contributed by atoms with Gasteiger partial charge in [-0.3, -0.25) is 0 Å². The Morgan fingerprint density at radius 3 is 1.91 bits per heavy atom. The van der Waals surface area contributed by atoms with E-state index in [9.17, 15) is 6.85 Å². The van der Waals surface area contributed by atoms with Gasteiger partial charge in [0.1, 0.15) is 0 Å². The zero-order valence-corrected chi connectivity index (χ0v) is 31.2. The lowest BCUT2D eigenvalue weighted by Crippen LogP contribution is -1.94. The van der Waals surface area contributed by atoms with Crippen LogP contribution in [0.3, 0.4) is 0 Å². The minimum Gasteiger partial charge on any atom is -0.309 e. The van der Waals surface area contributed by atoms with Crippen molar-refractivity contribution in [2.45, 2.75) is 0 Å². The number of hydrogen-bond acceptors (Lipinski definition) is 1. The van der Waals surface area contributed by atoms with Crippen LogP contribution in [-0.2, 0) is 0 Å². The summed E-state index contributed by atoms with van der Waals surface area (Å²) in [5.41, 5.74) is 8.95. The van der Waals surface area contributed by atoms with E-state index in [1.807, 2.05) is 84.9 Å². The Kier molecular flexibility index (Phi) is 5.74. The fourth-order valence-electron chi connectivity index (χ4n) is 8.57. The molecule has 0 saturated carbocycles. The Bertz CT molecular complexity index is 3910. The number of nitrogens with zero attached hydrogens (tertiary/aromatic N) is 2. The van der Waals surface area contributed by atoms with Crippen molar-refractivity contribution in [1.29, 1.82) is 0 Å². The lowest BCUT2D eigenvalue weighted by molar-refractivity contribution is 1.18. The summed E-state index contributed by atoms with van der Waals surface area (Å²) in [4.78, 5) is 0. The second-order valence-electron chi connectivity index (χ2n) is 14.4. The van der Waals surface area contributed by atoms with Gasteiger partial charge in [-0.2, -0.15) is 0 Å². The lowest BCUT2D eigenvalue weighted by atomic mass is 9.97.